The van der Waals surface area contributed by atoms with Gasteiger partial charge in [-0.05, 0) is 17.7 Å². The van der Waals surface area contributed by atoms with Crippen molar-refractivity contribution < 1.29 is 0 Å². The molecule has 0 bridgehead atoms. The smallest absolute Gasteiger partial charge is 0.224 e. The van der Waals surface area contributed by atoms with E-state index in [0.717, 1.165) is 0 Å². The van der Waals surface area contributed by atoms with E-state index < -0.39 is 0 Å². The van der Waals surface area contributed by atoms with Crippen LogP contribution in [0.2, 0.25) is 10.3 Å². The first-order valence-corrected chi connectivity index (χ1v) is 5.07. The molecule has 2 rings (SSSR count). The normalized spacial score (nSPS) is 10.1. The number of hydrogen-bond donors (Lipinski definition) is 2. The predicted octanol–water partition coefficient (Wildman–Crippen LogP) is 2.50. The van der Waals surface area contributed by atoms with Crippen molar-refractivity contribution in [2.45, 2.75) is 0 Å². The van der Waals surface area contributed by atoms with Gasteiger partial charge in [-0.1, -0.05) is 11.6 Å². The van der Waals surface area contributed by atoms with Crippen LogP contribution in [-0.4, -0.2) is 15.0 Å². The summed E-state index contributed by atoms with van der Waals surface area (Å²) in [5.41, 5.74) is 6.86. The van der Waals surface area contributed by atoms with Gasteiger partial charge in [0.05, 0.1) is 23.8 Å². The second-order valence-corrected chi connectivity index (χ2v) is 3.67. The lowest BCUT2D eigenvalue weighted by atomic mass is 10.3. The SMILES string of the molecule is Nc1cnccc1Nc1nc(Cl)ncc1Cl. The Morgan fingerprint density at radius 2 is 2.06 bits per heavy atom. The Morgan fingerprint density at radius 1 is 1.25 bits per heavy atom. The van der Waals surface area contributed by atoms with Crippen LogP contribution in [0, 0.1) is 0 Å². The fourth-order valence-electron chi connectivity index (χ4n) is 1.08. The summed E-state index contributed by atoms with van der Waals surface area (Å²) in [7, 11) is 0. The molecule has 0 spiro atoms. The molecule has 0 radical (unpaired) electrons. The van der Waals surface area contributed by atoms with E-state index in [9.17, 15) is 0 Å². The Balaban J connectivity index is 2.34. The van der Waals surface area contributed by atoms with Gasteiger partial charge in [0, 0.05) is 6.20 Å². The first-order valence-electron chi connectivity index (χ1n) is 4.31. The Kier molecular flexibility index (Phi) is 3.07. The quantitative estimate of drug-likeness (QED) is 0.807. The lowest BCUT2D eigenvalue weighted by Gasteiger charge is -2.08. The summed E-state index contributed by atoms with van der Waals surface area (Å²) in [4.78, 5) is 11.6. The maximum atomic E-state index is 5.90. The zero-order valence-corrected chi connectivity index (χ0v) is 9.50. The van der Waals surface area contributed by atoms with Gasteiger partial charge in [-0.3, -0.25) is 4.98 Å². The highest BCUT2D eigenvalue weighted by atomic mass is 35.5. The first kappa shape index (κ1) is 10.9. The van der Waals surface area contributed by atoms with Crippen molar-refractivity contribution in [2.24, 2.45) is 0 Å². The fraction of sp³-hybridized carbons (Fsp3) is 0. The van der Waals surface area contributed by atoms with E-state index in [-0.39, 0.29) is 5.28 Å². The number of anilines is 3. The number of nitrogens with zero attached hydrogens (tertiary/aromatic N) is 3. The molecular weight excluding hydrogens is 249 g/mol. The van der Waals surface area contributed by atoms with E-state index in [2.05, 4.69) is 20.3 Å². The third-order valence-corrected chi connectivity index (χ3v) is 2.28. The summed E-state index contributed by atoms with van der Waals surface area (Å²) in [6, 6.07) is 1.71. The van der Waals surface area contributed by atoms with Crippen LogP contribution in [-0.2, 0) is 0 Å². The van der Waals surface area contributed by atoms with Crippen LogP contribution in [0.4, 0.5) is 17.2 Å². The molecule has 2 heterocycles. The molecule has 7 heteroatoms. The van der Waals surface area contributed by atoms with Crippen LogP contribution < -0.4 is 11.1 Å². The van der Waals surface area contributed by atoms with Crippen LogP contribution >= 0.6 is 23.2 Å². The summed E-state index contributed by atoms with van der Waals surface area (Å²) >= 11 is 11.6. The van der Waals surface area contributed by atoms with E-state index in [1.165, 1.54) is 12.4 Å². The van der Waals surface area contributed by atoms with E-state index in [1.807, 2.05) is 0 Å². The predicted molar refractivity (Wildman–Crippen MR) is 64.0 cm³/mol. The molecule has 0 fully saturated rings. The van der Waals surface area contributed by atoms with Gasteiger partial charge in [-0.25, -0.2) is 4.98 Å². The minimum atomic E-state index is 0.111. The molecule has 82 valence electrons. The van der Waals surface area contributed by atoms with Gasteiger partial charge in [-0.15, -0.1) is 0 Å². The number of nitrogen functional groups attached to an aromatic ring is 1. The molecule has 0 unspecified atom stereocenters. The van der Waals surface area contributed by atoms with Crippen LogP contribution in [0.5, 0.6) is 0 Å². The molecule has 3 N–H and O–H groups in total. The van der Waals surface area contributed by atoms with Crippen molar-refractivity contribution in [3.05, 3.63) is 35.0 Å². The minimum absolute atomic E-state index is 0.111. The van der Waals surface area contributed by atoms with Gasteiger partial charge >= 0.3 is 0 Å². The lowest BCUT2D eigenvalue weighted by Crippen LogP contribution is -2.00. The summed E-state index contributed by atoms with van der Waals surface area (Å²) in [5, 5.41) is 3.42. The highest BCUT2D eigenvalue weighted by molar-refractivity contribution is 6.33. The van der Waals surface area contributed by atoms with Gasteiger partial charge in [0.1, 0.15) is 5.02 Å². The molecule has 0 saturated heterocycles. The second-order valence-electron chi connectivity index (χ2n) is 2.92. The molecule has 0 saturated carbocycles. The highest BCUT2D eigenvalue weighted by Crippen LogP contribution is 2.26. The standard InChI is InChI=1S/C9H7Cl2N5/c10-5-3-14-9(11)16-8(5)15-7-1-2-13-4-6(7)12/h1-4H,12H2,(H,13,14,15,16). The maximum absolute atomic E-state index is 5.90. The van der Waals surface area contributed by atoms with Crippen molar-refractivity contribution in [1.29, 1.82) is 0 Å². The largest absolute Gasteiger partial charge is 0.396 e. The Hall–Kier alpha value is -1.59. The molecule has 2 aromatic rings. The van der Waals surface area contributed by atoms with E-state index in [4.69, 9.17) is 28.9 Å². The van der Waals surface area contributed by atoms with Crippen LogP contribution in [0.25, 0.3) is 0 Å². The lowest BCUT2D eigenvalue weighted by molar-refractivity contribution is 1.17. The summed E-state index contributed by atoms with van der Waals surface area (Å²) in [6.45, 7) is 0. The number of halogens is 2. The van der Waals surface area contributed by atoms with Crippen molar-refractivity contribution in [2.75, 3.05) is 11.1 Å². The highest BCUT2D eigenvalue weighted by Gasteiger charge is 2.06. The first-order chi connectivity index (χ1) is 7.66. The topological polar surface area (TPSA) is 76.7 Å². The van der Waals surface area contributed by atoms with E-state index in [1.54, 1.807) is 12.3 Å². The molecule has 2 aromatic heterocycles. The van der Waals surface area contributed by atoms with Gasteiger partial charge < -0.3 is 11.1 Å². The van der Waals surface area contributed by atoms with Gasteiger partial charge in [-0.2, -0.15) is 4.98 Å². The molecule has 0 aliphatic heterocycles. The van der Waals surface area contributed by atoms with E-state index >= 15 is 0 Å². The van der Waals surface area contributed by atoms with Crippen molar-refractivity contribution in [3.8, 4) is 0 Å². The van der Waals surface area contributed by atoms with Crippen molar-refractivity contribution in [3.63, 3.8) is 0 Å². The Labute approximate surface area is 102 Å². The van der Waals surface area contributed by atoms with Gasteiger partial charge in [0.15, 0.2) is 5.82 Å². The molecule has 0 aromatic carbocycles. The number of aromatic nitrogens is 3. The fourth-order valence-corrected chi connectivity index (χ4v) is 1.35. The summed E-state index contributed by atoms with van der Waals surface area (Å²) in [5.74, 6) is 0.402. The van der Waals surface area contributed by atoms with E-state index in [0.29, 0.717) is 22.2 Å². The van der Waals surface area contributed by atoms with Crippen molar-refractivity contribution >= 4 is 40.4 Å². The third kappa shape index (κ3) is 2.32. The zero-order valence-electron chi connectivity index (χ0n) is 7.98. The molecule has 0 atom stereocenters. The second kappa shape index (κ2) is 4.51. The minimum Gasteiger partial charge on any atom is -0.396 e. The molecular formula is C9H7Cl2N5. The summed E-state index contributed by atoms with van der Waals surface area (Å²) in [6.07, 6.45) is 4.55. The molecule has 0 amide bonds. The number of nitrogens with two attached hydrogens (primary N) is 1. The third-order valence-electron chi connectivity index (χ3n) is 1.82. The van der Waals surface area contributed by atoms with Crippen LogP contribution in [0.15, 0.2) is 24.7 Å². The Morgan fingerprint density at radius 3 is 2.81 bits per heavy atom. The maximum Gasteiger partial charge on any atom is 0.224 e. The Bertz CT molecular complexity index is 517. The van der Waals surface area contributed by atoms with Crippen LogP contribution in [0.3, 0.4) is 0 Å². The molecule has 16 heavy (non-hydrogen) atoms. The monoisotopic (exact) mass is 255 g/mol. The summed E-state index contributed by atoms with van der Waals surface area (Å²) < 4.78 is 0. The number of pyridine rings is 1. The zero-order chi connectivity index (χ0) is 11.5. The van der Waals surface area contributed by atoms with Crippen molar-refractivity contribution in [1.82, 2.24) is 15.0 Å². The van der Waals surface area contributed by atoms with Gasteiger partial charge in [0.2, 0.25) is 5.28 Å². The molecule has 0 aliphatic rings. The van der Waals surface area contributed by atoms with Gasteiger partial charge in [0.25, 0.3) is 0 Å². The number of nitrogens with one attached hydrogen (secondary N) is 1. The average Bonchev–Trinajstić information content (AvgIpc) is 2.27. The average molecular weight is 256 g/mol. The number of hydrogen-bond acceptors (Lipinski definition) is 5. The molecule has 5 nitrogen and oxygen atoms in total. The number of rotatable bonds is 2. The molecule has 0 aliphatic carbocycles. The van der Waals surface area contributed by atoms with Crippen LogP contribution in [0.1, 0.15) is 0 Å².